The second-order valence-electron chi connectivity index (χ2n) is 2.20. The molecule has 9 heavy (non-hydrogen) atoms. The Labute approximate surface area is 53.4 Å². The lowest BCUT2D eigenvalue weighted by atomic mass is 10.1. The van der Waals surface area contributed by atoms with Gasteiger partial charge in [0.15, 0.2) is 0 Å². The Bertz CT molecular complexity index is 153. The first-order chi connectivity index (χ1) is 4.22. The minimum atomic E-state index is -0.785. The third-order valence-electron chi connectivity index (χ3n) is 1.47. The molecule has 1 heterocycles. The lowest BCUT2D eigenvalue weighted by Crippen LogP contribution is -2.33. The number of carbonyl (C=O) groups is 1. The molecule has 3 nitrogen and oxygen atoms in total. The average Bonchev–Trinajstić information content (AvgIpc) is 2.13. The lowest BCUT2D eigenvalue weighted by Gasteiger charge is -2.08. The minimum Gasteiger partial charge on any atom is -0.480 e. The molecule has 0 amide bonds. The summed E-state index contributed by atoms with van der Waals surface area (Å²) in [5.41, 5.74) is 0. The molecule has 0 spiro atoms. The van der Waals surface area contributed by atoms with Crippen molar-refractivity contribution in [1.82, 2.24) is 5.32 Å². The van der Waals surface area contributed by atoms with Crippen molar-refractivity contribution in [2.45, 2.75) is 13.0 Å². The Morgan fingerprint density at radius 3 is 2.67 bits per heavy atom. The molecule has 2 unspecified atom stereocenters. The fourth-order valence-electron chi connectivity index (χ4n) is 0.870. The van der Waals surface area contributed by atoms with Crippen LogP contribution in [0, 0.1) is 5.92 Å². The largest absolute Gasteiger partial charge is 0.480 e. The first kappa shape index (κ1) is 6.13. The fraction of sp³-hybridized carbons (Fsp3) is 0.500. The molecule has 50 valence electrons. The molecule has 2 N–H and O–H groups in total. The van der Waals surface area contributed by atoms with Gasteiger partial charge in [0.1, 0.15) is 6.04 Å². The number of aliphatic carboxylic acids is 1. The summed E-state index contributed by atoms with van der Waals surface area (Å²) in [6.45, 7) is 1.87. The summed E-state index contributed by atoms with van der Waals surface area (Å²) in [7, 11) is 0. The standard InChI is InChI=1S/C6H9NO2/c1-4-2-3-7-5(4)6(8)9/h2-5,7H,1H3,(H,8,9). The van der Waals surface area contributed by atoms with E-state index >= 15 is 0 Å². The van der Waals surface area contributed by atoms with E-state index in [-0.39, 0.29) is 5.92 Å². The fourth-order valence-corrected chi connectivity index (χ4v) is 0.870. The normalized spacial score (nSPS) is 32.1. The molecular weight excluding hydrogens is 118 g/mol. The molecule has 0 bridgehead atoms. The Hall–Kier alpha value is -0.990. The summed E-state index contributed by atoms with van der Waals surface area (Å²) >= 11 is 0. The van der Waals surface area contributed by atoms with Crippen LogP contribution in [0.2, 0.25) is 0 Å². The maximum absolute atomic E-state index is 10.3. The van der Waals surface area contributed by atoms with Crippen LogP contribution in [0.25, 0.3) is 0 Å². The van der Waals surface area contributed by atoms with Gasteiger partial charge in [0, 0.05) is 5.92 Å². The molecule has 0 radical (unpaired) electrons. The topological polar surface area (TPSA) is 49.3 Å². The molecule has 0 aromatic carbocycles. The molecule has 3 heteroatoms. The maximum Gasteiger partial charge on any atom is 0.326 e. The van der Waals surface area contributed by atoms with Crippen LogP contribution in [-0.2, 0) is 4.79 Å². The van der Waals surface area contributed by atoms with Crippen LogP contribution in [0.3, 0.4) is 0 Å². The second kappa shape index (κ2) is 2.09. The van der Waals surface area contributed by atoms with Gasteiger partial charge in [-0.3, -0.25) is 0 Å². The first-order valence-electron chi connectivity index (χ1n) is 2.87. The molecule has 1 aliphatic heterocycles. The van der Waals surface area contributed by atoms with Gasteiger partial charge >= 0.3 is 5.97 Å². The van der Waals surface area contributed by atoms with Crippen molar-refractivity contribution in [3.63, 3.8) is 0 Å². The van der Waals surface area contributed by atoms with Gasteiger partial charge in [-0.1, -0.05) is 13.0 Å². The number of carboxylic acids is 1. The Balaban J connectivity index is 2.55. The predicted octanol–water partition coefficient (Wildman–Crippen LogP) is 0.193. The van der Waals surface area contributed by atoms with Gasteiger partial charge in [0.25, 0.3) is 0 Å². The zero-order valence-corrected chi connectivity index (χ0v) is 5.16. The summed E-state index contributed by atoms with van der Waals surface area (Å²) in [5.74, 6) is -0.671. The monoisotopic (exact) mass is 127 g/mol. The molecule has 0 aliphatic carbocycles. The number of hydrogen-bond acceptors (Lipinski definition) is 2. The number of nitrogens with one attached hydrogen (secondary N) is 1. The summed E-state index contributed by atoms with van der Waals surface area (Å²) in [5, 5.41) is 11.2. The molecule has 1 aliphatic rings. The van der Waals surface area contributed by atoms with Crippen LogP contribution in [0.4, 0.5) is 0 Å². The summed E-state index contributed by atoms with van der Waals surface area (Å²) < 4.78 is 0. The van der Waals surface area contributed by atoms with Crippen molar-refractivity contribution < 1.29 is 9.90 Å². The molecule has 0 aromatic heterocycles. The highest BCUT2D eigenvalue weighted by molar-refractivity contribution is 5.74. The van der Waals surface area contributed by atoms with Crippen molar-refractivity contribution in [2.75, 3.05) is 0 Å². The summed E-state index contributed by atoms with van der Waals surface area (Å²) in [6, 6.07) is -0.412. The lowest BCUT2D eigenvalue weighted by molar-refractivity contribution is -0.139. The highest BCUT2D eigenvalue weighted by Crippen LogP contribution is 2.09. The van der Waals surface area contributed by atoms with Gasteiger partial charge < -0.3 is 10.4 Å². The average molecular weight is 127 g/mol. The Kier molecular flexibility index (Phi) is 1.42. The Morgan fingerprint density at radius 2 is 2.44 bits per heavy atom. The SMILES string of the molecule is CC1C=CNC1C(=O)O. The van der Waals surface area contributed by atoms with E-state index in [0.29, 0.717) is 0 Å². The maximum atomic E-state index is 10.3. The van der Waals surface area contributed by atoms with Crippen molar-refractivity contribution in [3.8, 4) is 0 Å². The van der Waals surface area contributed by atoms with Crippen LogP contribution in [0.5, 0.6) is 0 Å². The van der Waals surface area contributed by atoms with Crippen molar-refractivity contribution >= 4 is 5.97 Å². The van der Waals surface area contributed by atoms with E-state index in [0.717, 1.165) is 0 Å². The third-order valence-corrected chi connectivity index (χ3v) is 1.47. The van der Waals surface area contributed by atoms with E-state index in [1.807, 2.05) is 13.0 Å². The van der Waals surface area contributed by atoms with E-state index in [9.17, 15) is 4.79 Å². The van der Waals surface area contributed by atoms with Crippen LogP contribution in [0.1, 0.15) is 6.92 Å². The van der Waals surface area contributed by atoms with Gasteiger partial charge in [0.05, 0.1) is 0 Å². The second-order valence-corrected chi connectivity index (χ2v) is 2.20. The van der Waals surface area contributed by atoms with Crippen LogP contribution < -0.4 is 5.32 Å². The van der Waals surface area contributed by atoms with E-state index in [1.165, 1.54) is 0 Å². The molecule has 0 saturated carbocycles. The quantitative estimate of drug-likeness (QED) is 0.528. The first-order valence-corrected chi connectivity index (χ1v) is 2.87. The van der Waals surface area contributed by atoms with Crippen LogP contribution >= 0.6 is 0 Å². The van der Waals surface area contributed by atoms with E-state index < -0.39 is 12.0 Å². The van der Waals surface area contributed by atoms with Crippen molar-refractivity contribution in [2.24, 2.45) is 5.92 Å². The van der Waals surface area contributed by atoms with Gasteiger partial charge in [-0.2, -0.15) is 0 Å². The smallest absolute Gasteiger partial charge is 0.326 e. The molecule has 0 saturated heterocycles. The Morgan fingerprint density at radius 1 is 1.78 bits per heavy atom. The van der Waals surface area contributed by atoms with Gasteiger partial charge in [-0.15, -0.1) is 0 Å². The van der Waals surface area contributed by atoms with Gasteiger partial charge in [-0.05, 0) is 6.20 Å². The predicted molar refractivity (Wildman–Crippen MR) is 32.9 cm³/mol. The van der Waals surface area contributed by atoms with Gasteiger partial charge in [0.2, 0.25) is 0 Å². The van der Waals surface area contributed by atoms with Crippen molar-refractivity contribution in [1.29, 1.82) is 0 Å². The zero-order chi connectivity index (χ0) is 6.85. The van der Waals surface area contributed by atoms with E-state index in [1.54, 1.807) is 6.20 Å². The third kappa shape index (κ3) is 1.04. The molecular formula is C6H9NO2. The molecule has 2 atom stereocenters. The number of rotatable bonds is 1. The molecule has 0 fully saturated rings. The number of hydrogen-bond donors (Lipinski definition) is 2. The number of carboxylic acid groups (broad SMARTS) is 1. The van der Waals surface area contributed by atoms with Crippen LogP contribution in [0.15, 0.2) is 12.3 Å². The zero-order valence-electron chi connectivity index (χ0n) is 5.16. The summed E-state index contributed by atoms with van der Waals surface area (Å²) in [4.78, 5) is 10.3. The molecule has 1 rings (SSSR count). The molecule has 0 aromatic rings. The van der Waals surface area contributed by atoms with E-state index in [2.05, 4.69) is 5.32 Å². The highest BCUT2D eigenvalue weighted by Gasteiger charge is 2.24. The minimum absolute atomic E-state index is 0.113. The highest BCUT2D eigenvalue weighted by atomic mass is 16.4. The van der Waals surface area contributed by atoms with E-state index in [4.69, 9.17) is 5.11 Å². The van der Waals surface area contributed by atoms with Crippen LogP contribution in [-0.4, -0.2) is 17.1 Å². The van der Waals surface area contributed by atoms with Crippen molar-refractivity contribution in [3.05, 3.63) is 12.3 Å². The summed E-state index contributed by atoms with van der Waals surface area (Å²) in [6.07, 6.45) is 3.53. The van der Waals surface area contributed by atoms with Gasteiger partial charge in [-0.25, -0.2) is 4.79 Å².